The quantitative estimate of drug-likeness (QED) is 0.636. The summed E-state index contributed by atoms with van der Waals surface area (Å²) in [7, 11) is 3.55. The highest BCUT2D eigenvalue weighted by molar-refractivity contribution is 6.40. The van der Waals surface area contributed by atoms with Crippen molar-refractivity contribution in [2.24, 2.45) is 5.73 Å². The minimum Gasteiger partial charge on any atom is -0.464 e. The lowest BCUT2D eigenvalue weighted by Gasteiger charge is -2.20. The third-order valence-electron chi connectivity index (χ3n) is 2.23. The van der Waals surface area contributed by atoms with Crippen molar-refractivity contribution in [1.29, 1.82) is 0 Å². The van der Waals surface area contributed by atoms with Crippen LogP contribution in [0.4, 0.5) is 4.39 Å². The number of nitrogens with two attached hydrogens (primary N) is 1. The van der Waals surface area contributed by atoms with Crippen molar-refractivity contribution in [2.45, 2.75) is 5.34 Å². The molecule has 14 heavy (non-hydrogen) atoms. The first-order chi connectivity index (χ1) is 6.50. The standard InChI is InChI=1S/C9H10B2FNO/c10-9(11,13)8-5-3-4-14-7(5)2-1-6(8)12/h1-4H,10-11,13H2. The molecule has 1 aromatic heterocycles. The second-order valence-corrected chi connectivity index (χ2v) is 3.98. The maximum atomic E-state index is 13.6. The molecular formula is C9H10B2FNO. The molecule has 0 aliphatic carbocycles. The van der Waals surface area contributed by atoms with E-state index in [9.17, 15) is 4.39 Å². The van der Waals surface area contributed by atoms with Crippen LogP contribution in [0.3, 0.4) is 0 Å². The molecule has 0 spiro atoms. The summed E-state index contributed by atoms with van der Waals surface area (Å²) in [6, 6.07) is 4.73. The predicted octanol–water partition coefficient (Wildman–Crippen LogP) is -0.0929. The minimum atomic E-state index is -0.701. The fourth-order valence-electron chi connectivity index (χ4n) is 1.67. The molecule has 1 heterocycles. The number of halogens is 1. The lowest BCUT2D eigenvalue weighted by molar-refractivity contribution is 0.596. The van der Waals surface area contributed by atoms with E-state index in [1.807, 2.05) is 0 Å². The van der Waals surface area contributed by atoms with Crippen LogP contribution in [0.15, 0.2) is 28.9 Å². The Balaban J connectivity index is 2.83. The van der Waals surface area contributed by atoms with Crippen LogP contribution >= 0.6 is 0 Å². The number of hydrogen-bond acceptors (Lipinski definition) is 2. The zero-order valence-corrected chi connectivity index (χ0v) is 8.17. The van der Waals surface area contributed by atoms with Gasteiger partial charge in [0, 0.05) is 10.9 Å². The van der Waals surface area contributed by atoms with E-state index in [0.29, 0.717) is 11.1 Å². The maximum absolute atomic E-state index is 13.6. The molecule has 0 aliphatic heterocycles. The Bertz CT molecular complexity index is 475. The summed E-state index contributed by atoms with van der Waals surface area (Å²) in [5, 5.41) is 0.0468. The lowest BCUT2D eigenvalue weighted by atomic mass is 9.58. The van der Waals surface area contributed by atoms with Gasteiger partial charge in [-0.25, -0.2) is 4.39 Å². The van der Waals surface area contributed by atoms with Gasteiger partial charge in [0.1, 0.15) is 27.1 Å². The van der Waals surface area contributed by atoms with Crippen LogP contribution in [0.5, 0.6) is 0 Å². The van der Waals surface area contributed by atoms with E-state index >= 15 is 0 Å². The third-order valence-corrected chi connectivity index (χ3v) is 2.23. The van der Waals surface area contributed by atoms with Crippen molar-refractivity contribution in [3.05, 3.63) is 35.8 Å². The van der Waals surface area contributed by atoms with Crippen molar-refractivity contribution >= 4 is 26.7 Å². The highest BCUT2D eigenvalue weighted by Gasteiger charge is 2.22. The second-order valence-electron chi connectivity index (χ2n) is 3.98. The normalized spacial score (nSPS) is 12.1. The van der Waals surface area contributed by atoms with Crippen LogP contribution in [0.1, 0.15) is 5.56 Å². The molecule has 0 saturated heterocycles. The predicted molar refractivity (Wildman–Crippen MR) is 59.1 cm³/mol. The summed E-state index contributed by atoms with van der Waals surface area (Å²) in [5.74, 6) is -0.286. The Kier molecular flexibility index (Phi) is 1.93. The smallest absolute Gasteiger partial charge is 0.134 e. The van der Waals surface area contributed by atoms with Gasteiger partial charge >= 0.3 is 0 Å². The number of furan rings is 1. The summed E-state index contributed by atoms with van der Waals surface area (Å²) < 4.78 is 18.8. The molecule has 0 fully saturated rings. The van der Waals surface area contributed by atoms with Gasteiger partial charge in [-0.15, -0.1) is 0 Å². The van der Waals surface area contributed by atoms with E-state index in [-0.39, 0.29) is 5.82 Å². The molecule has 0 amide bonds. The number of benzene rings is 1. The fourth-order valence-corrected chi connectivity index (χ4v) is 1.67. The van der Waals surface area contributed by atoms with Gasteiger partial charge < -0.3 is 10.2 Å². The lowest BCUT2D eigenvalue weighted by Crippen LogP contribution is -2.38. The van der Waals surface area contributed by atoms with Gasteiger partial charge in [0.25, 0.3) is 0 Å². The molecule has 2 nitrogen and oxygen atoms in total. The van der Waals surface area contributed by atoms with Crippen molar-refractivity contribution in [3.63, 3.8) is 0 Å². The van der Waals surface area contributed by atoms with Gasteiger partial charge in [-0.3, -0.25) is 0 Å². The molecule has 2 N–H and O–H groups in total. The molecule has 0 bridgehead atoms. The van der Waals surface area contributed by atoms with E-state index < -0.39 is 5.34 Å². The molecule has 0 unspecified atom stereocenters. The largest absolute Gasteiger partial charge is 0.464 e. The molecule has 0 saturated carbocycles. The summed E-state index contributed by atoms with van der Waals surface area (Å²) in [4.78, 5) is 0. The molecule has 2 aromatic rings. The Labute approximate surface area is 83.1 Å². The van der Waals surface area contributed by atoms with E-state index in [1.54, 1.807) is 34.1 Å². The van der Waals surface area contributed by atoms with Gasteiger partial charge in [0.15, 0.2) is 0 Å². The van der Waals surface area contributed by atoms with Crippen LogP contribution in [-0.4, -0.2) is 15.7 Å². The topological polar surface area (TPSA) is 39.2 Å². The number of fused-ring (bicyclic) bond motifs is 1. The van der Waals surface area contributed by atoms with Crippen molar-refractivity contribution in [1.82, 2.24) is 0 Å². The highest BCUT2D eigenvalue weighted by atomic mass is 19.1. The molecule has 0 radical (unpaired) electrons. The molecule has 70 valence electrons. The first-order valence-corrected chi connectivity index (χ1v) is 4.45. The van der Waals surface area contributed by atoms with Crippen LogP contribution < -0.4 is 5.73 Å². The number of hydrogen-bond donors (Lipinski definition) is 1. The first-order valence-electron chi connectivity index (χ1n) is 4.45. The SMILES string of the molecule is BC(B)(N)c1c(F)ccc2occc12. The molecular weight excluding hydrogens is 179 g/mol. The monoisotopic (exact) mass is 189 g/mol. The van der Waals surface area contributed by atoms with Gasteiger partial charge in [-0.05, 0) is 23.5 Å². The molecule has 5 heteroatoms. The zero-order valence-electron chi connectivity index (χ0n) is 8.17. The Morgan fingerprint density at radius 1 is 1.29 bits per heavy atom. The second kappa shape index (κ2) is 2.89. The van der Waals surface area contributed by atoms with Crippen LogP contribution in [-0.2, 0) is 5.34 Å². The van der Waals surface area contributed by atoms with E-state index in [2.05, 4.69) is 0 Å². The van der Waals surface area contributed by atoms with Crippen LogP contribution in [0, 0.1) is 5.82 Å². The molecule has 1 aromatic carbocycles. The van der Waals surface area contributed by atoms with E-state index in [0.717, 1.165) is 5.39 Å². The maximum Gasteiger partial charge on any atom is 0.134 e. The van der Waals surface area contributed by atoms with Crippen molar-refractivity contribution < 1.29 is 8.81 Å². The summed E-state index contributed by atoms with van der Waals surface area (Å²) in [6.07, 6.45) is 1.54. The van der Waals surface area contributed by atoms with Crippen molar-refractivity contribution in [2.75, 3.05) is 0 Å². The minimum absolute atomic E-state index is 0.286. The first kappa shape index (κ1) is 9.34. The molecule has 2 rings (SSSR count). The summed E-state index contributed by atoms with van der Waals surface area (Å²) in [6.45, 7) is 0. The van der Waals surface area contributed by atoms with Gasteiger partial charge in [-0.1, -0.05) is 0 Å². The average molecular weight is 189 g/mol. The Morgan fingerprint density at radius 3 is 2.64 bits per heavy atom. The van der Waals surface area contributed by atoms with E-state index in [4.69, 9.17) is 10.2 Å². The fraction of sp³-hybridized carbons (Fsp3) is 0.111. The summed E-state index contributed by atoms with van der Waals surface area (Å²) in [5.41, 5.74) is 7.07. The summed E-state index contributed by atoms with van der Waals surface area (Å²) >= 11 is 0. The number of rotatable bonds is 1. The van der Waals surface area contributed by atoms with Gasteiger partial charge in [-0.2, -0.15) is 0 Å². The van der Waals surface area contributed by atoms with Crippen LogP contribution in [0.2, 0.25) is 0 Å². The van der Waals surface area contributed by atoms with Gasteiger partial charge in [0.2, 0.25) is 0 Å². The Morgan fingerprint density at radius 2 is 2.00 bits per heavy atom. The van der Waals surface area contributed by atoms with Gasteiger partial charge in [0.05, 0.1) is 6.26 Å². The average Bonchev–Trinajstić information content (AvgIpc) is 2.48. The van der Waals surface area contributed by atoms with E-state index in [1.165, 1.54) is 6.07 Å². The third kappa shape index (κ3) is 1.34. The molecule has 0 aliphatic rings. The van der Waals surface area contributed by atoms with Crippen molar-refractivity contribution in [3.8, 4) is 0 Å². The van der Waals surface area contributed by atoms with Crippen LogP contribution in [0.25, 0.3) is 11.0 Å². The Hall–Kier alpha value is -1.22. The highest BCUT2D eigenvalue weighted by Crippen LogP contribution is 2.27. The zero-order chi connectivity index (χ0) is 10.3. The molecule has 0 atom stereocenters.